The van der Waals surface area contributed by atoms with Crippen LogP contribution in [0.2, 0.25) is 0 Å². The summed E-state index contributed by atoms with van der Waals surface area (Å²) in [5.74, 6) is 0. The van der Waals surface area contributed by atoms with Gasteiger partial charge in [-0.25, -0.2) is 0 Å². The molecule has 0 saturated carbocycles. The molecule has 0 aliphatic carbocycles. The Bertz CT molecular complexity index is 610. The Morgan fingerprint density at radius 2 is 1.93 bits per heavy atom. The molecule has 0 atom stereocenters. The highest BCUT2D eigenvalue weighted by Crippen LogP contribution is 2.30. The first-order valence-corrected chi connectivity index (χ1v) is 5.22. The molecule has 3 rings (SSSR count). The van der Waals surface area contributed by atoms with Gasteiger partial charge in [-0.3, -0.25) is 0 Å². The number of aromatic nitrogens is 1. The van der Waals surface area contributed by atoms with E-state index >= 15 is 0 Å². The lowest BCUT2D eigenvalue weighted by Crippen LogP contribution is -1.68. The average Bonchev–Trinajstić information content (AvgIpc) is 2.57. The van der Waals surface area contributed by atoms with Crippen LogP contribution in [0.15, 0.2) is 40.9 Å². The number of hydrogen-bond donors (Lipinski definition) is 1. The molecule has 0 amide bonds. The zero-order valence-electron chi connectivity index (χ0n) is 7.34. The van der Waals surface area contributed by atoms with E-state index in [0.717, 1.165) is 9.99 Å². The molecule has 2 heteroatoms. The van der Waals surface area contributed by atoms with Gasteiger partial charge in [-0.2, -0.15) is 0 Å². The van der Waals surface area contributed by atoms with Crippen LogP contribution >= 0.6 is 15.9 Å². The number of benzene rings is 2. The minimum atomic E-state index is 1.02. The van der Waals surface area contributed by atoms with Gasteiger partial charge in [0.25, 0.3) is 0 Å². The molecule has 0 aliphatic heterocycles. The molecule has 1 N–H and O–H groups in total. The Balaban J connectivity index is 2.65. The highest BCUT2D eigenvalue weighted by Gasteiger charge is 2.05. The molecule has 14 heavy (non-hydrogen) atoms. The van der Waals surface area contributed by atoms with Crippen LogP contribution in [0.25, 0.3) is 21.8 Å². The maximum Gasteiger partial charge on any atom is 0.0476 e. The van der Waals surface area contributed by atoms with Crippen LogP contribution < -0.4 is 0 Å². The molecule has 0 aliphatic rings. The summed E-state index contributed by atoms with van der Waals surface area (Å²) < 4.78 is 1.02. The van der Waals surface area contributed by atoms with Gasteiger partial charge in [-0.1, -0.05) is 24.3 Å². The molecular formula is C12H7BrN. The standard InChI is InChI=1S/C12H7BrN/c13-9-5-3-7-11-12(9)8-4-1-2-6-10(8)14-11/h1-4,6-7,14H. The van der Waals surface area contributed by atoms with E-state index in [4.69, 9.17) is 0 Å². The topological polar surface area (TPSA) is 15.8 Å². The molecule has 2 aromatic carbocycles. The molecule has 0 unspecified atom stereocenters. The van der Waals surface area contributed by atoms with Crippen molar-refractivity contribution in [3.63, 3.8) is 0 Å². The summed E-state index contributed by atoms with van der Waals surface area (Å²) in [5, 5.41) is 2.45. The predicted octanol–water partition coefficient (Wildman–Crippen LogP) is 3.88. The number of halogens is 1. The quantitative estimate of drug-likeness (QED) is 0.618. The van der Waals surface area contributed by atoms with Gasteiger partial charge < -0.3 is 4.98 Å². The van der Waals surface area contributed by atoms with E-state index in [2.05, 4.69) is 45.2 Å². The fraction of sp³-hybridized carbons (Fsp3) is 0. The highest BCUT2D eigenvalue weighted by atomic mass is 79.9. The third kappa shape index (κ3) is 1.01. The second kappa shape index (κ2) is 2.85. The summed E-state index contributed by atoms with van der Waals surface area (Å²) in [6.07, 6.45) is 0. The smallest absolute Gasteiger partial charge is 0.0476 e. The summed E-state index contributed by atoms with van der Waals surface area (Å²) in [6, 6.07) is 15.4. The second-order valence-corrected chi connectivity index (χ2v) is 4.04. The van der Waals surface area contributed by atoms with Crippen molar-refractivity contribution in [1.82, 2.24) is 4.98 Å². The summed E-state index contributed by atoms with van der Waals surface area (Å²) in [7, 11) is 0. The molecule has 0 saturated heterocycles. The SMILES string of the molecule is Brc1[c]ccc2[nH]c3ccccc3c12. The van der Waals surface area contributed by atoms with Crippen LogP contribution in [-0.2, 0) is 0 Å². The summed E-state index contributed by atoms with van der Waals surface area (Å²) in [5.41, 5.74) is 2.32. The molecular weight excluding hydrogens is 238 g/mol. The van der Waals surface area contributed by atoms with Crippen LogP contribution in [-0.4, -0.2) is 4.98 Å². The summed E-state index contributed by atoms with van der Waals surface area (Å²) in [4.78, 5) is 3.37. The number of nitrogens with one attached hydrogen (secondary N) is 1. The van der Waals surface area contributed by atoms with E-state index < -0.39 is 0 Å². The first-order valence-electron chi connectivity index (χ1n) is 4.43. The van der Waals surface area contributed by atoms with Crippen LogP contribution in [0.5, 0.6) is 0 Å². The van der Waals surface area contributed by atoms with Gasteiger partial charge in [0.05, 0.1) is 0 Å². The Morgan fingerprint density at radius 3 is 2.86 bits per heavy atom. The number of aromatic amines is 1. The molecule has 0 fully saturated rings. The predicted molar refractivity (Wildman–Crippen MR) is 62.3 cm³/mol. The van der Waals surface area contributed by atoms with Crippen LogP contribution in [0.1, 0.15) is 0 Å². The Kier molecular flexibility index (Phi) is 1.64. The first-order chi connectivity index (χ1) is 6.86. The fourth-order valence-electron chi connectivity index (χ4n) is 1.79. The van der Waals surface area contributed by atoms with Gasteiger partial charge in [0.1, 0.15) is 0 Å². The van der Waals surface area contributed by atoms with Gasteiger partial charge in [0, 0.05) is 26.3 Å². The maximum atomic E-state index is 3.52. The molecule has 0 bridgehead atoms. The minimum absolute atomic E-state index is 1.02. The first kappa shape index (κ1) is 8.06. The summed E-state index contributed by atoms with van der Waals surface area (Å²) in [6.45, 7) is 0. The van der Waals surface area contributed by atoms with Gasteiger partial charge in [0.15, 0.2) is 0 Å². The third-order valence-corrected chi connectivity index (χ3v) is 3.04. The van der Waals surface area contributed by atoms with Gasteiger partial charge in [0.2, 0.25) is 0 Å². The van der Waals surface area contributed by atoms with Gasteiger partial charge >= 0.3 is 0 Å². The van der Waals surface area contributed by atoms with Crippen molar-refractivity contribution in [3.05, 3.63) is 46.9 Å². The third-order valence-electron chi connectivity index (χ3n) is 2.41. The number of para-hydroxylation sites is 1. The van der Waals surface area contributed by atoms with Crippen molar-refractivity contribution in [2.45, 2.75) is 0 Å². The number of rotatable bonds is 0. The van der Waals surface area contributed by atoms with E-state index in [9.17, 15) is 0 Å². The lowest BCUT2D eigenvalue weighted by atomic mass is 10.2. The largest absolute Gasteiger partial charge is 0.354 e. The average molecular weight is 245 g/mol. The molecule has 1 radical (unpaired) electrons. The highest BCUT2D eigenvalue weighted by molar-refractivity contribution is 9.10. The fourth-order valence-corrected chi connectivity index (χ4v) is 2.35. The second-order valence-electron chi connectivity index (χ2n) is 3.25. The van der Waals surface area contributed by atoms with Gasteiger partial charge in [-0.05, 0) is 34.1 Å². The Labute approximate surface area is 89.9 Å². The Hall–Kier alpha value is -1.28. The molecule has 0 spiro atoms. The van der Waals surface area contributed by atoms with Crippen molar-refractivity contribution in [1.29, 1.82) is 0 Å². The number of H-pyrrole nitrogens is 1. The van der Waals surface area contributed by atoms with E-state index in [1.54, 1.807) is 0 Å². The van der Waals surface area contributed by atoms with Crippen LogP contribution in [0, 0.1) is 6.07 Å². The normalized spacial score (nSPS) is 11.2. The van der Waals surface area contributed by atoms with Crippen molar-refractivity contribution in [2.24, 2.45) is 0 Å². The molecule has 1 nitrogen and oxygen atoms in total. The number of fused-ring (bicyclic) bond motifs is 3. The van der Waals surface area contributed by atoms with E-state index in [1.807, 2.05) is 18.2 Å². The van der Waals surface area contributed by atoms with E-state index in [1.165, 1.54) is 16.3 Å². The van der Waals surface area contributed by atoms with Crippen molar-refractivity contribution < 1.29 is 0 Å². The molecule has 1 aromatic heterocycles. The van der Waals surface area contributed by atoms with Crippen molar-refractivity contribution >= 4 is 37.7 Å². The van der Waals surface area contributed by atoms with E-state index in [0.29, 0.717) is 0 Å². The van der Waals surface area contributed by atoms with Crippen LogP contribution in [0.3, 0.4) is 0 Å². The monoisotopic (exact) mass is 244 g/mol. The molecule has 1 heterocycles. The molecule has 67 valence electrons. The van der Waals surface area contributed by atoms with Crippen molar-refractivity contribution in [2.75, 3.05) is 0 Å². The van der Waals surface area contributed by atoms with E-state index in [-0.39, 0.29) is 0 Å². The Morgan fingerprint density at radius 1 is 1.07 bits per heavy atom. The lowest BCUT2D eigenvalue weighted by molar-refractivity contribution is 1.54. The maximum absolute atomic E-state index is 3.52. The minimum Gasteiger partial charge on any atom is -0.354 e. The lowest BCUT2D eigenvalue weighted by Gasteiger charge is -1.92. The zero-order chi connectivity index (χ0) is 9.54. The van der Waals surface area contributed by atoms with Crippen molar-refractivity contribution in [3.8, 4) is 0 Å². The van der Waals surface area contributed by atoms with Gasteiger partial charge in [-0.15, -0.1) is 0 Å². The summed E-state index contributed by atoms with van der Waals surface area (Å²) >= 11 is 3.52. The van der Waals surface area contributed by atoms with Crippen LogP contribution in [0.4, 0.5) is 0 Å². The molecule has 3 aromatic rings. The number of hydrogen-bond acceptors (Lipinski definition) is 0. The zero-order valence-corrected chi connectivity index (χ0v) is 8.93.